The highest BCUT2D eigenvalue weighted by Crippen LogP contribution is 2.27. The molecule has 0 radical (unpaired) electrons. The van der Waals surface area contributed by atoms with Gasteiger partial charge < -0.3 is 4.98 Å². The Bertz CT molecular complexity index is 964. The zero-order valence-electron chi connectivity index (χ0n) is 15.2. The highest BCUT2D eigenvalue weighted by molar-refractivity contribution is 5.77. The number of aryl methyl sites for hydroxylation is 1. The van der Waals surface area contributed by atoms with Crippen LogP contribution in [-0.4, -0.2) is 19.7 Å². The SMILES string of the molecule is Cc1nc2c(c(CF)nn2C(C)c2ccc(C(C)(C)C)cc2)c(=O)[nH]1. The lowest BCUT2D eigenvalue weighted by molar-refractivity contribution is 0.465. The molecule has 2 heterocycles. The van der Waals surface area contributed by atoms with E-state index in [1.807, 2.05) is 19.1 Å². The third-order valence-electron chi connectivity index (χ3n) is 4.51. The van der Waals surface area contributed by atoms with Gasteiger partial charge in [-0.3, -0.25) is 4.79 Å². The number of nitrogens with one attached hydrogen (secondary N) is 1. The van der Waals surface area contributed by atoms with E-state index in [0.29, 0.717) is 11.5 Å². The van der Waals surface area contributed by atoms with Gasteiger partial charge in [-0.25, -0.2) is 14.1 Å². The molecule has 1 N–H and O–H groups in total. The molecule has 3 rings (SSSR count). The standard InChI is InChI=1S/C19H23FN4O/c1-11(13-6-8-14(9-7-13)19(3,4)5)24-17-16(15(10-20)23-24)18(25)22-12(2)21-17/h6-9,11H,10H2,1-5H3,(H,21,22,25). The monoisotopic (exact) mass is 342 g/mol. The average Bonchev–Trinajstić information content (AvgIpc) is 2.92. The van der Waals surface area contributed by atoms with Crippen molar-refractivity contribution in [3.05, 3.63) is 57.3 Å². The van der Waals surface area contributed by atoms with Crippen LogP contribution in [0.4, 0.5) is 4.39 Å². The first-order chi connectivity index (χ1) is 11.7. The Morgan fingerprint density at radius 1 is 1.24 bits per heavy atom. The van der Waals surface area contributed by atoms with Crippen LogP contribution in [0.15, 0.2) is 29.1 Å². The maximum atomic E-state index is 13.3. The number of fused-ring (bicyclic) bond motifs is 1. The highest BCUT2D eigenvalue weighted by atomic mass is 19.1. The predicted molar refractivity (Wildman–Crippen MR) is 96.7 cm³/mol. The Balaban J connectivity index is 2.11. The summed E-state index contributed by atoms with van der Waals surface area (Å²) in [5.41, 5.74) is 2.54. The van der Waals surface area contributed by atoms with Crippen molar-refractivity contribution < 1.29 is 4.39 Å². The molecule has 0 saturated heterocycles. The maximum Gasteiger partial charge on any atom is 0.262 e. The molecule has 1 atom stereocenters. The van der Waals surface area contributed by atoms with E-state index in [1.54, 1.807) is 11.6 Å². The van der Waals surface area contributed by atoms with Crippen LogP contribution >= 0.6 is 0 Å². The molecule has 0 bridgehead atoms. The van der Waals surface area contributed by atoms with Crippen LogP contribution in [0, 0.1) is 6.92 Å². The third-order valence-corrected chi connectivity index (χ3v) is 4.51. The minimum atomic E-state index is -0.799. The normalized spacial score (nSPS) is 13.4. The topological polar surface area (TPSA) is 63.6 Å². The summed E-state index contributed by atoms with van der Waals surface area (Å²) < 4.78 is 15.0. The second-order valence-corrected chi connectivity index (χ2v) is 7.42. The van der Waals surface area contributed by atoms with Crippen LogP contribution in [0.3, 0.4) is 0 Å². The predicted octanol–water partition coefficient (Wildman–Crippen LogP) is 3.80. The molecule has 6 heteroatoms. The Hall–Kier alpha value is -2.50. The number of halogens is 1. The molecule has 0 fully saturated rings. The molecule has 3 aromatic rings. The number of hydrogen-bond donors (Lipinski definition) is 1. The zero-order valence-corrected chi connectivity index (χ0v) is 15.2. The van der Waals surface area contributed by atoms with Crippen molar-refractivity contribution in [2.75, 3.05) is 0 Å². The fraction of sp³-hybridized carbons (Fsp3) is 0.421. The molecule has 0 aliphatic heterocycles. The van der Waals surface area contributed by atoms with Crippen molar-refractivity contribution in [1.82, 2.24) is 19.7 Å². The van der Waals surface area contributed by atoms with Gasteiger partial charge in [0.1, 0.15) is 23.6 Å². The number of benzene rings is 1. The van der Waals surface area contributed by atoms with E-state index in [9.17, 15) is 9.18 Å². The Morgan fingerprint density at radius 3 is 2.44 bits per heavy atom. The van der Waals surface area contributed by atoms with Gasteiger partial charge in [-0.2, -0.15) is 5.10 Å². The summed E-state index contributed by atoms with van der Waals surface area (Å²) in [5, 5.41) is 4.54. The molecular weight excluding hydrogens is 319 g/mol. The summed E-state index contributed by atoms with van der Waals surface area (Å²) in [4.78, 5) is 19.2. The fourth-order valence-corrected chi connectivity index (χ4v) is 2.99. The number of H-pyrrole nitrogens is 1. The maximum absolute atomic E-state index is 13.3. The second-order valence-electron chi connectivity index (χ2n) is 7.42. The molecule has 1 aromatic carbocycles. The molecule has 0 saturated carbocycles. The van der Waals surface area contributed by atoms with Gasteiger partial charge in [0, 0.05) is 0 Å². The quantitative estimate of drug-likeness (QED) is 0.787. The average molecular weight is 342 g/mol. The van der Waals surface area contributed by atoms with Crippen LogP contribution in [0.1, 0.15) is 56.4 Å². The van der Waals surface area contributed by atoms with Gasteiger partial charge in [-0.05, 0) is 30.4 Å². The fourth-order valence-electron chi connectivity index (χ4n) is 2.99. The van der Waals surface area contributed by atoms with E-state index in [0.717, 1.165) is 5.56 Å². The summed E-state index contributed by atoms with van der Waals surface area (Å²) in [5.74, 6) is 0.485. The molecular formula is C19H23FN4O. The van der Waals surface area contributed by atoms with Gasteiger partial charge in [-0.15, -0.1) is 0 Å². The number of aromatic nitrogens is 4. The molecule has 5 nitrogen and oxygen atoms in total. The number of alkyl halides is 1. The summed E-state index contributed by atoms with van der Waals surface area (Å²) in [6.45, 7) is 9.37. The van der Waals surface area contributed by atoms with Crippen molar-refractivity contribution >= 4 is 11.0 Å². The lowest BCUT2D eigenvalue weighted by atomic mass is 9.86. The summed E-state index contributed by atoms with van der Waals surface area (Å²) in [7, 11) is 0. The van der Waals surface area contributed by atoms with E-state index in [4.69, 9.17) is 0 Å². The first kappa shape index (κ1) is 17.3. The van der Waals surface area contributed by atoms with Gasteiger partial charge in [0.2, 0.25) is 0 Å². The molecule has 25 heavy (non-hydrogen) atoms. The number of nitrogens with zero attached hydrogens (tertiary/aromatic N) is 3. The van der Waals surface area contributed by atoms with Crippen molar-refractivity contribution in [2.45, 2.75) is 52.8 Å². The molecule has 0 amide bonds. The van der Waals surface area contributed by atoms with E-state index < -0.39 is 6.67 Å². The third kappa shape index (κ3) is 3.08. The number of hydrogen-bond acceptors (Lipinski definition) is 3. The summed E-state index contributed by atoms with van der Waals surface area (Å²) >= 11 is 0. The van der Waals surface area contributed by atoms with Gasteiger partial charge in [0.15, 0.2) is 5.65 Å². The molecule has 1 unspecified atom stereocenters. The summed E-state index contributed by atoms with van der Waals surface area (Å²) in [6, 6.07) is 8.13. The number of rotatable bonds is 3. The smallest absolute Gasteiger partial charge is 0.262 e. The molecule has 0 aliphatic carbocycles. The van der Waals surface area contributed by atoms with Gasteiger partial charge in [0.25, 0.3) is 5.56 Å². The van der Waals surface area contributed by atoms with Crippen molar-refractivity contribution in [3.63, 3.8) is 0 Å². The molecule has 0 aliphatic rings. The Kier molecular flexibility index (Phi) is 4.22. The van der Waals surface area contributed by atoms with Crippen molar-refractivity contribution in [1.29, 1.82) is 0 Å². The minimum absolute atomic E-state index is 0.0769. The van der Waals surface area contributed by atoms with Crippen LogP contribution in [0.5, 0.6) is 0 Å². The van der Waals surface area contributed by atoms with Crippen LogP contribution in [-0.2, 0) is 12.1 Å². The molecule has 0 spiro atoms. The van der Waals surface area contributed by atoms with Gasteiger partial charge >= 0.3 is 0 Å². The highest BCUT2D eigenvalue weighted by Gasteiger charge is 2.21. The van der Waals surface area contributed by atoms with Gasteiger partial charge in [0.05, 0.1) is 6.04 Å². The first-order valence-electron chi connectivity index (χ1n) is 8.36. The zero-order chi connectivity index (χ0) is 18.4. The van der Waals surface area contributed by atoms with Crippen LogP contribution in [0.2, 0.25) is 0 Å². The lowest BCUT2D eigenvalue weighted by Gasteiger charge is -2.20. The molecule has 132 valence electrons. The second kappa shape index (κ2) is 6.10. The Labute approximate surface area is 145 Å². The van der Waals surface area contributed by atoms with E-state index in [-0.39, 0.29) is 28.1 Å². The first-order valence-corrected chi connectivity index (χ1v) is 8.36. The Morgan fingerprint density at radius 2 is 1.88 bits per heavy atom. The number of aromatic amines is 1. The minimum Gasteiger partial charge on any atom is -0.310 e. The van der Waals surface area contributed by atoms with E-state index in [1.165, 1.54) is 5.56 Å². The van der Waals surface area contributed by atoms with Crippen molar-refractivity contribution in [2.24, 2.45) is 0 Å². The van der Waals surface area contributed by atoms with Crippen LogP contribution < -0.4 is 5.56 Å². The lowest BCUT2D eigenvalue weighted by Crippen LogP contribution is -2.14. The van der Waals surface area contributed by atoms with E-state index in [2.05, 4.69) is 48.0 Å². The van der Waals surface area contributed by atoms with Crippen molar-refractivity contribution in [3.8, 4) is 0 Å². The molecule has 2 aromatic heterocycles. The van der Waals surface area contributed by atoms with E-state index >= 15 is 0 Å². The van der Waals surface area contributed by atoms with Gasteiger partial charge in [-0.1, -0.05) is 45.0 Å². The van der Waals surface area contributed by atoms with Crippen LogP contribution in [0.25, 0.3) is 11.0 Å². The summed E-state index contributed by atoms with van der Waals surface area (Å²) in [6.07, 6.45) is 0. The largest absolute Gasteiger partial charge is 0.310 e.